The monoisotopic (exact) mass is 439 g/mol. The number of pyridine rings is 1. The van der Waals surface area contributed by atoms with Crippen LogP contribution in [-0.4, -0.2) is 37.1 Å². The van der Waals surface area contributed by atoms with Gasteiger partial charge in [0.2, 0.25) is 0 Å². The van der Waals surface area contributed by atoms with Crippen LogP contribution in [0.4, 0.5) is 5.69 Å². The van der Waals surface area contributed by atoms with Crippen LogP contribution >= 0.6 is 15.9 Å². The van der Waals surface area contributed by atoms with E-state index >= 15 is 0 Å². The highest BCUT2D eigenvalue weighted by Gasteiger charge is 2.31. The van der Waals surface area contributed by atoms with Crippen LogP contribution in [0.2, 0.25) is 0 Å². The Hall–Kier alpha value is -1.93. The minimum Gasteiger partial charge on any atom is -0.382 e. The van der Waals surface area contributed by atoms with E-state index in [0.717, 1.165) is 4.47 Å². The van der Waals surface area contributed by atoms with Crippen LogP contribution in [0.15, 0.2) is 52.1 Å². The SMILES string of the molecule is CC(C)(C)S(=O)(=O)c1ccc(NCCNC(=O)c2cccc(Br)c2)cn1. The smallest absolute Gasteiger partial charge is 0.251 e. The minimum atomic E-state index is -3.46. The average Bonchev–Trinajstić information content (AvgIpc) is 2.58. The van der Waals surface area contributed by atoms with Gasteiger partial charge in [0.25, 0.3) is 5.91 Å². The zero-order chi connectivity index (χ0) is 19.4. The molecular formula is C18H22BrN3O3S. The predicted molar refractivity (Wildman–Crippen MR) is 106 cm³/mol. The van der Waals surface area contributed by atoms with E-state index in [4.69, 9.17) is 0 Å². The molecule has 0 bridgehead atoms. The van der Waals surface area contributed by atoms with Crippen LogP contribution in [0.1, 0.15) is 31.1 Å². The quantitative estimate of drug-likeness (QED) is 0.674. The van der Waals surface area contributed by atoms with Gasteiger partial charge >= 0.3 is 0 Å². The van der Waals surface area contributed by atoms with Crippen molar-refractivity contribution in [2.24, 2.45) is 0 Å². The van der Waals surface area contributed by atoms with Crippen LogP contribution in [0.5, 0.6) is 0 Å². The first-order chi connectivity index (χ1) is 12.1. The van der Waals surface area contributed by atoms with E-state index in [-0.39, 0.29) is 10.9 Å². The number of sulfone groups is 1. The topological polar surface area (TPSA) is 88.2 Å². The summed E-state index contributed by atoms with van der Waals surface area (Å²) in [6.07, 6.45) is 1.48. The van der Waals surface area contributed by atoms with Crippen LogP contribution in [0, 0.1) is 0 Å². The number of hydrogen-bond donors (Lipinski definition) is 2. The summed E-state index contributed by atoms with van der Waals surface area (Å²) in [4.78, 5) is 16.1. The highest BCUT2D eigenvalue weighted by Crippen LogP contribution is 2.23. The zero-order valence-corrected chi connectivity index (χ0v) is 17.3. The molecule has 0 radical (unpaired) electrons. The lowest BCUT2D eigenvalue weighted by molar-refractivity contribution is 0.0955. The summed E-state index contributed by atoms with van der Waals surface area (Å²) in [7, 11) is -3.46. The lowest BCUT2D eigenvalue weighted by Gasteiger charge is -2.18. The van der Waals surface area contributed by atoms with Crippen molar-refractivity contribution in [3.8, 4) is 0 Å². The molecule has 0 fully saturated rings. The number of nitrogens with zero attached hydrogens (tertiary/aromatic N) is 1. The number of carbonyl (C=O) groups is 1. The van der Waals surface area contributed by atoms with Crippen molar-refractivity contribution in [1.82, 2.24) is 10.3 Å². The van der Waals surface area contributed by atoms with Gasteiger partial charge in [-0.1, -0.05) is 22.0 Å². The molecule has 0 aliphatic rings. The molecule has 1 aromatic carbocycles. The molecule has 0 unspecified atom stereocenters. The fourth-order valence-electron chi connectivity index (χ4n) is 2.07. The van der Waals surface area contributed by atoms with Gasteiger partial charge in [0.1, 0.15) is 0 Å². The van der Waals surface area contributed by atoms with Gasteiger partial charge in [-0.25, -0.2) is 13.4 Å². The Morgan fingerprint density at radius 2 is 1.88 bits per heavy atom. The lowest BCUT2D eigenvalue weighted by Crippen LogP contribution is -2.29. The molecule has 0 spiro atoms. The number of anilines is 1. The first-order valence-electron chi connectivity index (χ1n) is 8.09. The zero-order valence-electron chi connectivity index (χ0n) is 14.9. The fraction of sp³-hybridized carbons (Fsp3) is 0.333. The molecule has 8 heteroatoms. The molecule has 2 N–H and O–H groups in total. The van der Waals surface area contributed by atoms with Gasteiger partial charge in [0.05, 0.1) is 16.6 Å². The fourth-order valence-corrected chi connectivity index (χ4v) is 3.54. The number of benzene rings is 1. The van der Waals surface area contributed by atoms with Crippen LogP contribution in [-0.2, 0) is 9.84 Å². The summed E-state index contributed by atoms with van der Waals surface area (Å²) in [5.74, 6) is -0.155. The third kappa shape index (κ3) is 5.04. The number of carbonyl (C=O) groups excluding carboxylic acids is 1. The molecule has 0 saturated heterocycles. The Kier molecular flexibility index (Phi) is 6.41. The van der Waals surface area contributed by atoms with Crippen molar-refractivity contribution in [3.05, 3.63) is 52.6 Å². The second-order valence-corrected chi connectivity index (χ2v) is 10.3. The summed E-state index contributed by atoms with van der Waals surface area (Å²) in [5.41, 5.74) is 1.27. The molecule has 2 aromatic rings. The second-order valence-electron chi connectivity index (χ2n) is 6.69. The minimum absolute atomic E-state index is 0.0542. The number of halogens is 1. The van der Waals surface area contributed by atoms with Gasteiger partial charge in [-0.15, -0.1) is 0 Å². The van der Waals surface area contributed by atoms with Gasteiger partial charge in [0, 0.05) is 23.1 Å². The van der Waals surface area contributed by atoms with E-state index in [1.807, 2.05) is 6.07 Å². The Bertz CT molecular complexity index is 875. The number of hydrogen-bond acceptors (Lipinski definition) is 5. The molecule has 140 valence electrons. The summed E-state index contributed by atoms with van der Waals surface area (Å²) in [5, 5.41) is 5.97. The molecule has 1 heterocycles. The summed E-state index contributed by atoms with van der Waals surface area (Å²) >= 11 is 3.33. The van der Waals surface area contributed by atoms with Crippen LogP contribution in [0.25, 0.3) is 0 Å². The number of nitrogens with one attached hydrogen (secondary N) is 2. The van der Waals surface area contributed by atoms with Crippen molar-refractivity contribution in [3.63, 3.8) is 0 Å². The molecule has 1 aromatic heterocycles. The number of aromatic nitrogens is 1. The van der Waals surface area contributed by atoms with Gasteiger partial charge in [-0.2, -0.15) is 0 Å². The Labute approximate surface area is 162 Å². The van der Waals surface area contributed by atoms with Crippen LogP contribution in [0.3, 0.4) is 0 Å². The van der Waals surface area contributed by atoms with Gasteiger partial charge in [0.15, 0.2) is 14.9 Å². The van der Waals surface area contributed by atoms with E-state index in [1.54, 1.807) is 45.0 Å². The maximum absolute atomic E-state index is 12.3. The Balaban J connectivity index is 1.86. The first kappa shape index (κ1) is 20.4. The Morgan fingerprint density at radius 1 is 1.15 bits per heavy atom. The summed E-state index contributed by atoms with van der Waals surface area (Å²) in [6, 6.07) is 10.3. The highest BCUT2D eigenvalue weighted by atomic mass is 79.9. The van der Waals surface area contributed by atoms with E-state index < -0.39 is 14.6 Å². The molecule has 0 saturated carbocycles. The first-order valence-corrected chi connectivity index (χ1v) is 10.4. The van der Waals surface area contributed by atoms with Gasteiger partial charge < -0.3 is 10.6 Å². The molecule has 0 aliphatic heterocycles. The molecule has 1 amide bonds. The van der Waals surface area contributed by atoms with Crippen molar-refractivity contribution >= 4 is 37.4 Å². The summed E-state index contributed by atoms with van der Waals surface area (Å²) in [6.45, 7) is 5.85. The third-order valence-electron chi connectivity index (χ3n) is 3.64. The second kappa shape index (κ2) is 8.18. The average molecular weight is 440 g/mol. The van der Waals surface area contributed by atoms with Crippen molar-refractivity contribution < 1.29 is 13.2 Å². The molecule has 0 aliphatic carbocycles. The van der Waals surface area contributed by atoms with E-state index in [9.17, 15) is 13.2 Å². The molecular weight excluding hydrogens is 418 g/mol. The number of rotatable bonds is 6. The van der Waals surface area contributed by atoms with E-state index in [2.05, 4.69) is 31.5 Å². The predicted octanol–water partition coefficient (Wildman–Crippen LogP) is 3.26. The largest absolute Gasteiger partial charge is 0.382 e. The van der Waals surface area contributed by atoms with Crippen LogP contribution < -0.4 is 10.6 Å². The Morgan fingerprint density at radius 3 is 2.46 bits per heavy atom. The van der Waals surface area contributed by atoms with Crippen molar-refractivity contribution in [2.45, 2.75) is 30.5 Å². The normalized spacial score (nSPS) is 11.8. The lowest BCUT2D eigenvalue weighted by atomic mass is 10.2. The van der Waals surface area contributed by atoms with Gasteiger partial charge in [-0.05, 0) is 51.1 Å². The van der Waals surface area contributed by atoms with E-state index in [0.29, 0.717) is 24.3 Å². The van der Waals surface area contributed by atoms with Crippen molar-refractivity contribution in [1.29, 1.82) is 0 Å². The molecule has 2 rings (SSSR count). The summed E-state index contributed by atoms with van der Waals surface area (Å²) < 4.78 is 24.6. The highest BCUT2D eigenvalue weighted by molar-refractivity contribution is 9.10. The molecule has 6 nitrogen and oxygen atoms in total. The molecule has 26 heavy (non-hydrogen) atoms. The number of amides is 1. The maximum atomic E-state index is 12.3. The third-order valence-corrected chi connectivity index (χ3v) is 6.54. The molecule has 0 atom stereocenters. The van der Waals surface area contributed by atoms with Crippen molar-refractivity contribution in [2.75, 3.05) is 18.4 Å². The standard InChI is InChI=1S/C18H22BrN3O3S/c1-18(2,3)26(24,25)16-8-7-15(12-22-16)20-9-10-21-17(23)13-5-4-6-14(19)11-13/h4-8,11-12,20H,9-10H2,1-3H3,(H,21,23). The van der Waals surface area contributed by atoms with Gasteiger partial charge in [-0.3, -0.25) is 4.79 Å². The van der Waals surface area contributed by atoms with E-state index in [1.165, 1.54) is 12.3 Å². The maximum Gasteiger partial charge on any atom is 0.251 e.